The van der Waals surface area contributed by atoms with Gasteiger partial charge in [-0.15, -0.1) is 0 Å². The maximum Gasteiger partial charge on any atom is 0.221 e. The Hall–Kier alpha value is -1.91. The molecule has 1 aliphatic rings. The molecule has 0 bridgehead atoms. The Balaban J connectivity index is 1.76. The van der Waals surface area contributed by atoms with E-state index in [1.54, 1.807) is 14.2 Å². The molecule has 0 atom stereocenters. The van der Waals surface area contributed by atoms with E-state index in [9.17, 15) is 4.79 Å². The second-order valence-electron chi connectivity index (χ2n) is 5.30. The zero-order valence-electron chi connectivity index (χ0n) is 12.8. The largest absolute Gasteiger partial charge is 0.493 e. The topological polar surface area (TPSA) is 59.6 Å². The van der Waals surface area contributed by atoms with Gasteiger partial charge in [0.15, 0.2) is 11.5 Å². The third-order valence-corrected chi connectivity index (χ3v) is 3.79. The fourth-order valence-corrected chi connectivity index (χ4v) is 2.64. The first kappa shape index (κ1) is 15.5. The molecule has 0 aliphatic heterocycles. The number of hydrogen-bond acceptors (Lipinski definition) is 4. The van der Waals surface area contributed by atoms with Crippen molar-refractivity contribution in [2.45, 2.75) is 38.1 Å². The lowest BCUT2D eigenvalue weighted by molar-refractivity contribution is -0.121. The summed E-state index contributed by atoms with van der Waals surface area (Å²) in [5, 5.41) is 6.31. The highest BCUT2D eigenvalue weighted by Crippen LogP contribution is 2.29. The summed E-state index contributed by atoms with van der Waals surface area (Å²) in [5.74, 6) is 1.50. The highest BCUT2D eigenvalue weighted by molar-refractivity contribution is 5.76. The van der Waals surface area contributed by atoms with Crippen LogP contribution in [0.5, 0.6) is 11.5 Å². The van der Waals surface area contributed by atoms with Crippen molar-refractivity contribution >= 4 is 11.6 Å². The van der Waals surface area contributed by atoms with Crippen LogP contribution in [0, 0.1) is 0 Å². The molecule has 0 radical (unpaired) electrons. The van der Waals surface area contributed by atoms with Crippen LogP contribution in [0.15, 0.2) is 18.2 Å². The summed E-state index contributed by atoms with van der Waals surface area (Å²) in [5.41, 5.74) is 0.918. The van der Waals surface area contributed by atoms with Crippen LogP contribution in [-0.2, 0) is 4.79 Å². The van der Waals surface area contributed by atoms with Gasteiger partial charge in [-0.2, -0.15) is 0 Å². The van der Waals surface area contributed by atoms with E-state index in [1.165, 1.54) is 12.8 Å². The molecule has 1 aromatic carbocycles. The molecule has 5 heteroatoms. The van der Waals surface area contributed by atoms with Crippen molar-refractivity contribution in [3.8, 4) is 11.5 Å². The van der Waals surface area contributed by atoms with Gasteiger partial charge in [0.2, 0.25) is 5.91 Å². The summed E-state index contributed by atoms with van der Waals surface area (Å²) in [7, 11) is 3.22. The zero-order chi connectivity index (χ0) is 15.1. The lowest BCUT2D eigenvalue weighted by atomic mass is 10.2. The van der Waals surface area contributed by atoms with Crippen LogP contribution in [-0.4, -0.2) is 32.7 Å². The van der Waals surface area contributed by atoms with Crippen LogP contribution in [0.2, 0.25) is 0 Å². The van der Waals surface area contributed by atoms with Crippen molar-refractivity contribution in [3.05, 3.63) is 18.2 Å². The Bertz CT molecular complexity index is 471. The summed E-state index contributed by atoms with van der Waals surface area (Å²) >= 11 is 0. The normalized spacial score (nSPS) is 14.8. The van der Waals surface area contributed by atoms with Crippen molar-refractivity contribution in [2.24, 2.45) is 0 Å². The molecule has 1 aromatic rings. The third-order valence-electron chi connectivity index (χ3n) is 3.79. The summed E-state index contributed by atoms with van der Waals surface area (Å²) in [6.07, 6.45) is 5.18. The Morgan fingerprint density at radius 2 is 1.90 bits per heavy atom. The number of nitrogens with one attached hydrogen (secondary N) is 2. The summed E-state index contributed by atoms with van der Waals surface area (Å²) in [6.45, 7) is 0.605. The van der Waals surface area contributed by atoms with Gasteiger partial charge in [0.25, 0.3) is 0 Å². The zero-order valence-corrected chi connectivity index (χ0v) is 12.8. The molecule has 5 nitrogen and oxygen atoms in total. The van der Waals surface area contributed by atoms with Gasteiger partial charge in [-0.05, 0) is 25.0 Å². The highest BCUT2D eigenvalue weighted by atomic mass is 16.5. The molecule has 2 rings (SSSR count). The number of carbonyl (C=O) groups is 1. The number of rotatable bonds is 7. The van der Waals surface area contributed by atoms with Crippen molar-refractivity contribution in [1.82, 2.24) is 5.32 Å². The number of carbonyl (C=O) groups excluding carboxylic acids is 1. The minimum Gasteiger partial charge on any atom is -0.493 e. The van der Waals surface area contributed by atoms with Crippen LogP contribution >= 0.6 is 0 Å². The first-order valence-electron chi connectivity index (χ1n) is 7.48. The van der Waals surface area contributed by atoms with Crippen molar-refractivity contribution in [1.29, 1.82) is 0 Å². The fourth-order valence-electron chi connectivity index (χ4n) is 2.64. The number of hydrogen-bond donors (Lipinski definition) is 2. The minimum absolute atomic E-state index is 0.120. The molecular formula is C16H24N2O3. The third kappa shape index (κ3) is 4.55. The molecule has 1 amide bonds. The molecule has 0 aromatic heterocycles. The predicted octanol–water partition coefficient (Wildman–Crippen LogP) is 2.56. The average Bonchev–Trinajstić information content (AvgIpc) is 2.99. The van der Waals surface area contributed by atoms with E-state index in [4.69, 9.17) is 9.47 Å². The maximum absolute atomic E-state index is 11.8. The Morgan fingerprint density at radius 1 is 1.19 bits per heavy atom. The van der Waals surface area contributed by atoms with Crippen LogP contribution in [0.1, 0.15) is 32.1 Å². The number of methoxy groups -OCH3 is 2. The monoisotopic (exact) mass is 292 g/mol. The number of benzene rings is 1. The van der Waals surface area contributed by atoms with E-state index in [-0.39, 0.29) is 5.91 Å². The molecule has 0 saturated heterocycles. The molecule has 0 unspecified atom stereocenters. The molecule has 1 saturated carbocycles. The van der Waals surface area contributed by atoms with Crippen LogP contribution in [0.3, 0.4) is 0 Å². The molecule has 0 spiro atoms. The smallest absolute Gasteiger partial charge is 0.221 e. The molecule has 2 N–H and O–H groups in total. The SMILES string of the molecule is COc1ccc(NCCC(=O)NC2CCCC2)cc1OC. The van der Waals surface area contributed by atoms with E-state index in [2.05, 4.69) is 10.6 Å². The van der Waals surface area contributed by atoms with Crippen LogP contribution in [0.4, 0.5) is 5.69 Å². The van der Waals surface area contributed by atoms with Gasteiger partial charge in [-0.25, -0.2) is 0 Å². The fraction of sp³-hybridized carbons (Fsp3) is 0.562. The average molecular weight is 292 g/mol. The standard InChI is InChI=1S/C16H24N2O3/c1-20-14-8-7-13(11-15(14)21-2)17-10-9-16(19)18-12-5-3-4-6-12/h7-8,11-12,17H,3-6,9-10H2,1-2H3,(H,18,19). The second kappa shape index (κ2) is 7.76. The summed E-state index contributed by atoms with van der Waals surface area (Å²) in [6, 6.07) is 6.02. The van der Waals surface area contributed by atoms with Gasteiger partial charge in [0.1, 0.15) is 0 Å². The van der Waals surface area contributed by atoms with E-state index in [0.29, 0.717) is 30.5 Å². The van der Waals surface area contributed by atoms with Gasteiger partial charge in [-0.3, -0.25) is 4.79 Å². The van der Waals surface area contributed by atoms with E-state index in [0.717, 1.165) is 18.5 Å². The first-order chi connectivity index (χ1) is 10.2. The van der Waals surface area contributed by atoms with Gasteiger partial charge in [0, 0.05) is 30.8 Å². The van der Waals surface area contributed by atoms with Crippen molar-refractivity contribution in [2.75, 3.05) is 26.1 Å². The lowest BCUT2D eigenvalue weighted by Gasteiger charge is -2.13. The summed E-state index contributed by atoms with van der Waals surface area (Å²) < 4.78 is 10.4. The van der Waals surface area contributed by atoms with Crippen LogP contribution < -0.4 is 20.1 Å². The molecular weight excluding hydrogens is 268 g/mol. The van der Waals surface area contributed by atoms with Crippen LogP contribution in [0.25, 0.3) is 0 Å². The van der Waals surface area contributed by atoms with E-state index >= 15 is 0 Å². The Labute approximate surface area is 126 Å². The molecule has 0 heterocycles. The van der Waals surface area contributed by atoms with Gasteiger partial charge in [0.05, 0.1) is 14.2 Å². The first-order valence-corrected chi connectivity index (χ1v) is 7.48. The minimum atomic E-state index is 0.120. The van der Waals surface area contributed by atoms with Crippen molar-refractivity contribution < 1.29 is 14.3 Å². The number of ether oxygens (including phenoxy) is 2. The quantitative estimate of drug-likeness (QED) is 0.811. The highest BCUT2D eigenvalue weighted by Gasteiger charge is 2.16. The molecule has 1 aliphatic carbocycles. The second-order valence-corrected chi connectivity index (χ2v) is 5.30. The molecule has 21 heavy (non-hydrogen) atoms. The predicted molar refractivity (Wildman–Crippen MR) is 83.1 cm³/mol. The Kier molecular flexibility index (Phi) is 5.72. The van der Waals surface area contributed by atoms with Crippen molar-refractivity contribution in [3.63, 3.8) is 0 Å². The van der Waals surface area contributed by atoms with Gasteiger partial charge in [-0.1, -0.05) is 12.8 Å². The lowest BCUT2D eigenvalue weighted by Crippen LogP contribution is -2.33. The maximum atomic E-state index is 11.8. The van der Waals surface area contributed by atoms with E-state index in [1.807, 2.05) is 18.2 Å². The van der Waals surface area contributed by atoms with Gasteiger partial charge < -0.3 is 20.1 Å². The Morgan fingerprint density at radius 3 is 2.57 bits per heavy atom. The molecule has 116 valence electrons. The number of amides is 1. The summed E-state index contributed by atoms with van der Waals surface area (Å²) in [4.78, 5) is 11.8. The van der Waals surface area contributed by atoms with Gasteiger partial charge >= 0.3 is 0 Å². The van der Waals surface area contributed by atoms with E-state index < -0.39 is 0 Å². The number of anilines is 1. The molecule has 1 fully saturated rings.